The Labute approximate surface area is 117 Å². The summed E-state index contributed by atoms with van der Waals surface area (Å²) in [5.41, 5.74) is 6.00. The van der Waals surface area contributed by atoms with E-state index in [0.29, 0.717) is 17.5 Å². The van der Waals surface area contributed by atoms with Gasteiger partial charge in [0, 0.05) is 4.90 Å². The van der Waals surface area contributed by atoms with Crippen molar-refractivity contribution in [3.8, 4) is 0 Å². The highest BCUT2D eigenvalue weighted by atomic mass is 32.2. The van der Waals surface area contributed by atoms with E-state index >= 15 is 0 Å². The molecule has 0 unspecified atom stereocenters. The average molecular weight is 277 g/mol. The van der Waals surface area contributed by atoms with Crippen LogP contribution >= 0.6 is 11.8 Å². The van der Waals surface area contributed by atoms with Crippen molar-refractivity contribution >= 4 is 11.8 Å². The van der Waals surface area contributed by atoms with E-state index in [9.17, 15) is 0 Å². The van der Waals surface area contributed by atoms with Crippen LogP contribution in [0.4, 0.5) is 0 Å². The van der Waals surface area contributed by atoms with Crippen LogP contribution in [0.1, 0.15) is 38.5 Å². The van der Waals surface area contributed by atoms with Gasteiger partial charge in [0.05, 0.1) is 11.8 Å². The second-order valence-electron chi connectivity index (χ2n) is 5.49. The number of thioether (sulfide) groups is 1. The fourth-order valence-corrected chi connectivity index (χ4v) is 2.25. The van der Waals surface area contributed by atoms with Crippen LogP contribution in [0.3, 0.4) is 0 Å². The van der Waals surface area contributed by atoms with Gasteiger partial charge >= 0.3 is 0 Å². The highest BCUT2D eigenvalue weighted by Gasteiger charge is 2.27. The molecular formula is C14H19N3OS. The molecule has 0 aliphatic rings. The van der Waals surface area contributed by atoms with E-state index < -0.39 is 0 Å². The summed E-state index contributed by atoms with van der Waals surface area (Å²) in [5.74, 6) is 1.88. The third kappa shape index (κ3) is 3.81. The Morgan fingerprint density at radius 1 is 1.26 bits per heavy atom. The maximum Gasteiger partial charge on any atom is 0.244 e. The summed E-state index contributed by atoms with van der Waals surface area (Å²) < 4.78 is 5.24. The van der Waals surface area contributed by atoms with Gasteiger partial charge in [0.15, 0.2) is 5.82 Å². The summed E-state index contributed by atoms with van der Waals surface area (Å²) >= 11 is 1.68. The van der Waals surface area contributed by atoms with Gasteiger partial charge in [0.2, 0.25) is 5.89 Å². The predicted molar refractivity (Wildman–Crippen MR) is 76.7 cm³/mol. The molecule has 0 bridgehead atoms. The van der Waals surface area contributed by atoms with Gasteiger partial charge in [-0.05, 0) is 17.5 Å². The molecule has 0 amide bonds. The quantitative estimate of drug-likeness (QED) is 0.868. The van der Waals surface area contributed by atoms with Crippen molar-refractivity contribution in [2.45, 2.75) is 37.5 Å². The third-order valence-corrected chi connectivity index (χ3v) is 3.80. The minimum Gasteiger partial charge on any atom is -0.338 e. The van der Waals surface area contributed by atoms with Crippen LogP contribution in [0.15, 0.2) is 39.8 Å². The van der Waals surface area contributed by atoms with Gasteiger partial charge in [-0.15, -0.1) is 11.8 Å². The van der Waals surface area contributed by atoms with E-state index in [1.54, 1.807) is 11.8 Å². The van der Waals surface area contributed by atoms with Crippen LogP contribution in [0.2, 0.25) is 0 Å². The van der Waals surface area contributed by atoms with E-state index in [-0.39, 0.29) is 11.5 Å². The normalized spacial score (nSPS) is 13.5. The van der Waals surface area contributed by atoms with Crippen molar-refractivity contribution in [1.29, 1.82) is 0 Å². The molecule has 2 aromatic rings. The molecule has 0 aliphatic carbocycles. The smallest absolute Gasteiger partial charge is 0.244 e. The topological polar surface area (TPSA) is 64.9 Å². The zero-order valence-corrected chi connectivity index (χ0v) is 12.3. The second-order valence-corrected chi connectivity index (χ2v) is 6.54. The van der Waals surface area contributed by atoms with Gasteiger partial charge in [-0.25, -0.2) is 0 Å². The van der Waals surface area contributed by atoms with Crippen LogP contribution in [0.5, 0.6) is 0 Å². The van der Waals surface area contributed by atoms with Crippen molar-refractivity contribution in [3.05, 3.63) is 42.0 Å². The van der Waals surface area contributed by atoms with Crippen LogP contribution in [0.25, 0.3) is 0 Å². The second kappa shape index (κ2) is 5.75. The SMILES string of the molecule is CC(C)(C)[C@@H](N)c1nc(CSc2ccccc2)no1. The Morgan fingerprint density at radius 2 is 1.95 bits per heavy atom. The third-order valence-electron chi connectivity index (χ3n) is 2.79. The van der Waals surface area contributed by atoms with E-state index in [1.807, 2.05) is 18.2 Å². The highest BCUT2D eigenvalue weighted by Crippen LogP contribution is 2.30. The van der Waals surface area contributed by atoms with Crippen LogP contribution in [0, 0.1) is 5.41 Å². The first kappa shape index (κ1) is 14.1. The lowest BCUT2D eigenvalue weighted by atomic mass is 9.87. The molecule has 1 aromatic carbocycles. The van der Waals surface area contributed by atoms with Crippen LogP contribution in [-0.2, 0) is 5.75 Å². The molecule has 0 aliphatic heterocycles. The summed E-state index contributed by atoms with van der Waals surface area (Å²) in [6.45, 7) is 6.17. The van der Waals surface area contributed by atoms with Gasteiger partial charge in [0.1, 0.15) is 0 Å². The Morgan fingerprint density at radius 3 is 2.58 bits per heavy atom. The maximum absolute atomic E-state index is 6.09. The molecule has 4 nitrogen and oxygen atoms in total. The lowest BCUT2D eigenvalue weighted by Crippen LogP contribution is -2.26. The van der Waals surface area contributed by atoms with Crippen LogP contribution < -0.4 is 5.73 Å². The van der Waals surface area contributed by atoms with Gasteiger partial charge in [-0.1, -0.05) is 44.1 Å². The Bertz CT molecular complexity index is 519. The van der Waals surface area contributed by atoms with Crippen molar-refractivity contribution in [2.24, 2.45) is 11.1 Å². The van der Waals surface area contributed by atoms with Crippen molar-refractivity contribution in [1.82, 2.24) is 10.1 Å². The Hall–Kier alpha value is -1.33. The molecule has 0 spiro atoms. The number of benzene rings is 1. The number of aromatic nitrogens is 2. The Balaban J connectivity index is 1.98. The lowest BCUT2D eigenvalue weighted by Gasteiger charge is -2.23. The van der Waals surface area contributed by atoms with Gasteiger partial charge in [0.25, 0.3) is 0 Å². The van der Waals surface area contributed by atoms with Gasteiger partial charge < -0.3 is 10.3 Å². The van der Waals surface area contributed by atoms with Crippen molar-refractivity contribution in [2.75, 3.05) is 0 Å². The number of nitrogens with two attached hydrogens (primary N) is 1. The van der Waals surface area contributed by atoms with E-state index in [0.717, 1.165) is 0 Å². The number of hydrogen-bond acceptors (Lipinski definition) is 5. The monoisotopic (exact) mass is 277 g/mol. The predicted octanol–water partition coefficient (Wildman–Crippen LogP) is 3.41. The zero-order chi connectivity index (χ0) is 13.9. The standard InChI is InChI=1S/C14H19N3OS/c1-14(2,3)12(15)13-16-11(17-18-13)9-19-10-7-5-4-6-8-10/h4-8,12H,9,15H2,1-3H3/t12-/m0/s1. The van der Waals surface area contributed by atoms with Crippen molar-refractivity contribution < 1.29 is 4.52 Å². The zero-order valence-electron chi connectivity index (χ0n) is 11.5. The van der Waals surface area contributed by atoms with Crippen LogP contribution in [-0.4, -0.2) is 10.1 Å². The molecule has 1 heterocycles. The molecular weight excluding hydrogens is 258 g/mol. The lowest BCUT2D eigenvalue weighted by molar-refractivity contribution is 0.252. The maximum atomic E-state index is 6.09. The first-order valence-corrected chi connectivity index (χ1v) is 7.21. The van der Waals surface area contributed by atoms with Gasteiger partial charge in [-0.3, -0.25) is 0 Å². The summed E-state index contributed by atoms with van der Waals surface area (Å²) in [7, 11) is 0. The first-order valence-electron chi connectivity index (χ1n) is 6.23. The Kier molecular flexibility index (Phi) is 4.27. The molecule has 5 heteroatoms. The molecule has 19 heavy (non-hydrogen) atoms. The molecule has 0 fully saturated rings. The fraction of sp³-hybridized carbons (Fsp3) is 0.429. The highest BCUT2D eigenvalue weighted by molar-refractivity contribution is 7.98. The number of nitrogens with zero attached hydrogens (tertiary/aromatic N) is 2. The molecule has 0 saturated heterocycles. The largest absolute Gasteiger partial charge is 0.338 e. The average Bonchev–Trinajstić information content (AvgIpc) is 2.84. The van der Waals surface area contributed by atoms with E-state index in [1.165, 1.54) is 4.90 Å². The number of rotatable bonds is 4. The van der Waals surface area contributed by atoms with Gasteiger partial charge in [-0.2, -0.15) is 4.98 Å². The molecule has 1 aromatic heterocycles. The van der Waals surface area contributed by atoms with E-state index in [4.69, 9.17) is 10.3 Å². The summed E-state index contributed by atoms with van der Waals surface area (Å²) in [6, 6.07) is 9.91. The minimum absolute atomic E-state index is 0.0869. The van der Waals surface area contributed by atoms with Crippen molar-refractivity contribution in [3.63, 3.8) is 0 Å². The molecule has 0 saturated carbocycles. The first-order chi connectivity index (χ1) is 8.97. The fourth-order valence-electron chi connectivity index (χ4n) is 1.49. The number of hydrogen-bond donors (Lipinski definition) is 1. The molecule has 2 N–H and O–H groups in total. The molecule has 102 valence electrons. The summed E-state index contributed by atoms with van der Waals surface area (Å²) in [4.78, 5) is 5.56. The summed E-state index contributed by atoms with van der Waals surface area (Å²) in [6.07, 6.45) is 0. The molecule has 1 atom stereocenters. The summed E-state index contributed by atoms with van der Waals surface area (Å²) in [5, 5.41) is 3.98. The molecule has 2 rings (SSSR count). The van der Waals surface area contributed by atoms with E-state index in [2.05, 4.69) is 43.0 Å². The molecule has 0 radical (unpaired) electrons. The minimum atomic E-state index is -0.240.